The molecule has 0 bridgehead atoms. The molecule has 0 unspecified atom stereocenters. The van der Waals surface area contributed by atoms with E-state index in [1.807, 2.05) is 12.1 Å². The first-order chi connectivity index (χ1) is 4.86. The lowest BCUT2D eigenvalue weighted by Gasteiger charge is -1.86. The summed E-state index contributed by atoms with van der Waals surface area (Å²) in [5.41, 5.74) is 0.754. The molecule has 0 aliphatic rings. The van der Waals surface area contributed by atoms with E-state index in [9.17, 15) is 0 Å². The second-order valence-electron chi connectivity index (χ2n) is 2.02. The summed E-state index contributed by atoms with van der Waals surface area (Å²) in [6, 6.07) is 8.29. The van der Waals surface area contributed by atoms with Crippen molar-refractivity contribution in [2.45, 2.75) is 0 Å². The van der Waals surface area contributed by atoms with E-state index in [2.05, 4.69) is 6.07 Å². The molecule has 0 saturated carbocycles. The Morgan fingerprint density at radius 1 is 1.50 bits per heavy atom. The van der Waals surface area contributed by atoms with Crippen molar-refractivity contribution in [3.05, 3.63) is 35.6 Å². The van der Waals surface area contributed by atoms with Gasteiger partial charge in [0.1, 0.15) is 5.58 Å². The SMILES string of the molecule is Clc1c[c]c2occc2c1. The summed E-state index contributed by atoms with van der Waals surface area (Å²) in [6.45, 7) is 0. The fourth-order valence-corrected chi connectivity index (χ4v) is 1.05. The predicted molar refractivity (Wildman–Crippen MR) is 40.1 cm³/mol. The maximum atomic E-state index is 5.70. The van der Waals surface area contributed by atoms with Gasteiger partial charge in [-0.2, -0.15) is 0 Å². The Hall–Kier alpha value is -0.950. The van der Waals surface area contributed by atoms with Gasteiger partial charge in [0, 0.05) is 16.5 Å². The number of rotatable bonds is 0. The van der Waals surface area contributed by atoms with E-state index in [4.69, 9.17) is 16.0 Å². The molecule has 1 aromatic heterocycles. The molecule has 10 heavy (non-hydrogen) atoms. The van der Waals surface area contributed by atoms with Crippen LogP contribution in [0.3, 0.4) is 0 Å². The van der Waals surface area contributed by atoms with Gasteiger partial charge in [-0.25, -0.2) is 0 Å². The fourth-order valence-electron chi connectivity index (χ4n) is 0.875. The van der Waals surface area contributed by atoms with Crippen molar-refractivity contribution in [2.24, 2.45) is 0 Å². The molecule has 1 nitrogen and oxygen atoms in total. The summed E-state index contributed by atoms with van der Waals surface area (Å²) in [5.74, 6) is 0. The molecule has 1 heterocycles. The van der Waals surface area contributed by atoms with Crippen molar-refractivity contribution in [2.75, 3.05) is 0 Å². The second kappa shape index (κ2) is 2.03. The highest BCUT2D eigenvalue weighted by Gasteiger charge is 1.95. The van der Waals surface area contributed by atoms with Crippen LogP contribution in [0.15, 0.2) is 28.9 Å². The van der Waals surface area contributed by atoms with Gasteiger partial charge in [-0.15, -0.1) is 0 Å². The van der Waals surface area contributed by atoms with E-state index in [1.54, 1.807) is 12.3 Å². The minimum Gasteiger partial charge on any atom is -0.464 e. The molecule has 0 spiro atoms. The summed E-state index contributed by atoms with van der Waals surface area (Å²) >= 11 is 5.70. The zero-order valence-corrected chi connectivity index (χ0v) is 5.85. The Labute approximate surface area is 63.2 Å². The third-order valence-electron chi connectivity index (χ3n) is 1.33. The number of fused-ring (bicyclic) bond motifs is 1. The number of hydrogen-bond acceptors (Lipinski definition) is 1. The molecule has 2 heteroatoms. The third-order valence-corrected chi connectivity index (χ3v) is 1.55. The summed E-state index contributed by atoms with van der Waals surface area (Å²) in [5, 5.41) is 1.68. The van der Waals surface area contributed by atoms with Crippen molar-refractivity contribution >= 4 is 22.6 Å². The van der Waals surface area contributed by atoms with Gasteiger partial charge in [0.25, 0.3) is 0 Å². The van der Waals surface area contributed by atoms with Crippen LogP contribution in [0.1, 0.15) is 0 Å². The molecular weight excluding hydrogens is 148 g/mol. The lowest BCUT2D eigenvalue weighted by Crippen LogP contribution is -1.63. The van der Waals surface area contributed by atoms with Gasteiger partial charge in [-0.05, 0) is 18.2 Å². The van der Waals surface area contributed by atoms with Gasteiger partial charge in [0.2, 0.25) is 0 Å². The average molecular weight is 152 g/mol. The topological polar surface area (TPSA) is 13.1 Å². The van der Waals surface area contributed by atoms with Crippen LogP contribution >= 0.6 is 11.6 Å². The van der Waals surface area contributed by atoms with E-state index in [0.717, 1.165) is 11.0 Å². The van der Waals surface area contributed by atoms with Crippen molar-refractivity contribution in [3.8, 4) is 0 Å². The monoisotopic (exact) mass is 151 g/mol. The molecule has 0 aliphatic carbocycles. The fraction of sp³-hybridized carbons (Fsp3) is 0. The molecule has 0 saturated heterocycles. The second-order valence-corrected chi connectivity index (χ2v) is 2.46. The van der Waals surface area contributed by atoms with Crippen LogP contribution in [-0.2, 0) is 0 Å². The zero-order valence-electron chi connectivity index (χ0n) is 5.10. The number of furan rings is 1. The molecule has 1 radical (unpaired) electrons. The molecule has 2 rings (SSSR count). The van der Waals surface area contributed by atoms with Crippen LogP contribution in [0.25, 0.3) is 11.0 Å². The Morgan fingerprint density at radius 3 is 3.30 bits per heavy atom. The van der Waals surface area contributed by atoms with Gasteiger partial charge >= 0.3 is 0 Å². The number of hydrogen-bond donors (Lipinski definition) is 0. The van der Waals surface area contributed by atoms with Gasteiger partial charge in [0.05, 0.1) is 6.26 Å². The Kier molecular flexibility index (Phi) is 1.18. The molecule has 1 aromatic carbocycles. The normalized spacial score (nSPS) is 10.5. The molecule has 0 aliphatic heterocycles. The van der Waals surface area contributed by atoms with Crippen LogP contribution in [-0.4, -0.2) is 0 Å². The van der Waals surface area contributed by atoms with E-state index in [1.165, 1.54) is 0 Å². The maximum absolute atomic E-state index is 5.70. The summed E-state index contributed by atoms with van der Waals surface area (Å²) in [6.07, 6.45) is 1.62. The zero-order chi connectivity index (χ0) is 6.97. The molecule has 0 atom stereocenters. The van der Waals surface area contributed by atoms with Crippen molar-refractivity contribution in [1.82, 2.24) is 0 Å². The van der Waals surface area contributed by atoms with Crippen LogP contribution in [0, 0.1) is 6.07 Å². The van der Waals surface area contributed by atoms with Crippen LogP contribution in [0.4, 0.5) is 0 Å². The van der Waals surface area contributed by atoms with Crippen LogP contribution < -0.4 is 0 Å². The Morgan fingerprint density at radius 2 is 2.40 bits per heavy atom. The van der Waals surface area contributed by atoms with E-state index < -0.39 is 0 Å². The van der Waals surface area contributed by atoms with Crippen molar-refractivity contribution in [3.63, 3.8) is 0 Å². The lowest BCUT2D eigenvalue weighted by atomic mass is 10.3. The summed E-state index contributed by atoms with van der Waals surface area (Å²) in [7, 11) is 0. The molecule has 0 fully saturated rings. The minimum atomic E-state index is 0.689. The largest absolute Gasteiger partial charge is 0.464 e. The first-order valence-electron chi connectivity index (χ1n) is 2.91. The van der Waals surface area contributed by atoms with Gasteiger partial charge in [0.15, 0.2) is 0 Å². The van der Waals surface area contributed by atoms with Gasteiger partial charge < -0.3 is 4.42 Å². The van der Waals surface area contributed by atoms with Crippen molar-refractivity contribution < 1.29 is 4.42 Å². The molecular formula is C8H4ClO. The first-order valence-corrected chi connectivity index (χ1v) is 3.28. The molecule has 2 aromatic rings. The van der Waals surface area contributed by atoms with E-state index >= 15 is 0 Å². The number of benzene rings is 1. The Balaban J connectivity index is 2.86. The smallest absolute Gasteiger partial charge is 0.141 e. The van der Waals surface area contributed by atoms with Crippen LogP contribution in [0.2, 0.25) is 5.02 Å². The third kappa shape index (κ3) is 0.792. The minimum absolute atomic E-state index is 0.689. The molecule has 0 N–H and O–H groups in total. The Bertz CT molecular complexity index is 351. The average Bonchev–Trinajstić information content (AvgIpc) is 2.33. The molecule has 49 valence electrons. The predicted octanol–water partition coefficient (Wildman–Crippen LogP) is 2.89. The van der Waals surface area contributed by atoms with Gasteiger partial charge in [-0.1, -0.05) is 11.6 Å². The molecule has 0 amide bonds. The summed E-state index contributed by atoms with van der Waals surface area (Å²) < 4.78 is 5.06. The highest BCUT2D eigenvalue weighted by Crippen LogP contribution is 2.18. The maximum Gasteiger partial charge on any atom is 0.141 e. The number of halogens is 1. The quantitative estimate of drug-likeness (QED) is 0.564. The highest BCUT2D eigenvalue weighted by molar-refractivity contribution is 6.31. The van der Waals surface area contributed by atoms with Crippen molar-refractivity contribution in [1.29, 1.82) is 0 Å². The standard InChI is InChI=1S/C8H4ClO/c9-7-1-2-8-6(5-7)3-4-10-8/h1,3-5H. The van der Waals surface area contributed by atoms with Crippen LogP contribution in [0.5, 0.6) is 0 Å². The highest BCUT2D eigenvalue weighted by atomic mass is 35.5. The van der Waals surface area contributed by atoms with Gasteiger partial charge in [-0.3, -0.25) is 0 Å². The van der Waals surface area contributed by atoms with E-state index in [-0.39, 0.29) is 0 Å². The van der Waals surface area contributed by atoms with E-state index in [0.29, 0.717) is 5.02 Å². The first kappa shape index (κ1) is 5.81. The lowest BCUT2D eigenvalue weighted by molar-refractivity contribution is 0.615. The summed E-state index contributed by atoms with van der Waals surface area (Å²) in [4.78, 5) is 0.